The molecule has 2 rings (SSSR count). The zero-order valence-corrected chi connectivity index (χ0v) is 16.9. The van der Waals surface area contributed by atoms with Gasteiger partial charge in [0.05, 0.1) is 0 Å². The summed E-state index contributed by atoms with van der Waals surface area (Å²) in [7, 11) is 0. The highest BCUT2D eigenvalue weighted by Gasteiger charge is 2.30. The molecule has 3 nitrogen and oxygen atoms in total. The first kappa shape index (κ1) is 21.2. The zero-order chi connectivity index (χ0) is 19.7. The van der Waals surface area contributed by atoms with Crippen LogP contribution in [0.25, 0.3) is 0 Å². The third-order valence-electron chi connectivity index (χ3n) is 4.30. The second kappa shape index (κ2) is 10.3. The Morgan fingerprint density at radius 2 is 1.44 bits per heavy atom. The Labute approximate surface area is 164 Å². The Hall–Kier alpha value is -2.13. The van der Waals surface area contributed by atoms with E-state index in [1.807, 2.05) is 57.2 Å². The lowest BCUT2D eigenvalue weighted by Crippen LogP contribution is -2.43. The minimum Gasteiger partial charge on any atom is -0.459 e. The first-order chi connectivity index (χ1) is 12.9. The maximum absolute atomic E-state index is 13.0. The van der Waals surface area contributed by atoms with Gasteiger partial charge in [-0.25, -0.2) is 0 Å². The summed E-state index contributed by atoms with van der Waals surface area (Å²) in [5.74, 6) is -0.150. The van der Waals surface area contributed by atoms with Gasteiger partial charge in [-0.15, -0.1) is 0 Å². The van der Waals surface area contributed by atoms with Crippen LogP contribution in [0.3, 0.4) is 0 Å². The average Bonchev–Trinajstić information content (AvgIpc) is 2.62. The highest BCUT2D eigenvalue weighted by Crippen LogP contribution is 2.20. The Morgan fingerprint density at radius 3 is 1.85 bits per heavy atom. The number of hydrogen-bond acceptors (Lipinski definition) is 3. The Bertz CT molecular complexity index is 635. The number of ether oxygens (including phenoxy) is 1. The third-order valence-corrected chi connectivity index (χ3v) is 4.30. The van der Waals surface area contributed by atoms with E-state index in [4.69, 9.17) is 4.74 Å². The molecular weight excluding hydrogens is 334 g/mol. The van der Waals surface area contributed by atoms with E-state index < -0.39 is 5.60 Å². The fourth-order valence-corrected chi connectivity index (χ4v) is 3.07. The maximum Gasteiger partial charge on any atom is 0.323 e. The number of hydrogen-bond donors (Lipinski definition) is 0. The SMILES string of the molecule is [CH2]CCCC(C(=O)OC(C)(C)C)N(Cc1ccccc1)Cc1ccccc1. The molecule has 0 aromatic heterocycles. The van der Waals surface area contributed by atoms with E-state index in [0.717, 1.165) is 19.3 Å². The molecule has 0 bridgehead atoms. The van der Waals surface area contributed by atoms with E-state index in [1.165, 1.54) is 11.1 Å². The monoisotopic (exact) mass is 366 g/mol. The second-order valence-electron chi connectivity index (χ2n) is 7.92. The van der Waals surface area contributed by atoms with Gasteiger partial charge in [0.25, 0.3) is 0 Å². The van der Waals surface area contributed by atoms with Gasteiger partial charge in [0, 0.05) is 13.1 Å². The van der Waals surface area contributed by atoms with Crippen molar-refractivity contribution in [3.8, 4) is 0 Å². The summed E-state index contributed by atoms with van der Waals surface area (Å²) in [4.78, 5) is 15.2. The molecule has 0 aliphatic heterocycles. The quantitative estimate of drug-likeness (QED) is 0.556. The van der Waals surface area contributed by atoms with E-state index >= 15 is 0 Å². The maximum atomic E-state index is 13.0. The van der Waals surface area contributed by atoms with Crippen molar-refractivity contribution in [2.45, 2.75) is 64.8 Å². The van der Waals surface area contributed by atoms with Crippen LogP contribution in [0.4, 0.5) is 0 Å². The highest BCUT2D eigenvalue weighted by atomic mass is 16.6. The molecule has 27 heavy (non-hydrogen) atoms. The largest absolute Gasteiger partial charge is 0.459 e. The van der Waals surface area contributed by atoms with Gasteiger partial charge in [-0.2, -0.15) is 0 Å². The molecule has 0 saturated carbocycles. The van der Waals surface area contributed by atoms with Crippen LogP contribution >= 0.6 is 0 Å². The van der Waals surface area contributed by atoms with Crippen LogP contribution < -0.4 is 0 Å². The molecule has 145 valence electrons. The fourth-order valence-electron chi connectivity index (χ4n) is 3.07. The third kappa shape index (κ3) is 7.56. The number of benzene rings is 2. The molecule has 1 atom stereocenters. The number of nitrogens with zero attached hydrogens (tertiary/aromatic N) is 1. The van der Waals surface area contributed by atoms with Crippen molar-refractivity contribution in [1.82, 2.24) is 4.90 Å². The smallest absolute Gasteiger partial charge is 0.323 e. The van der Waals surface area contributed by atoms with E-state index in [-0.39, 0.29) is 12.0 Å². The van der Waals surface area contributed by atoms with Crippen molar-refractivity contribution in [1.29, 1.82) is 0 Å². The Morgan fingerprint density at radius 1 is 0.963 bits per heavy atom. The molecule has 0 fully saturated rings. The molecule has 3 heteroatoms. The van der Waals surface area contributed by atoms with Gasteiger partial charge in [0.2, 0.25) is 0 Å². The lowest BCUT2D eigenvalue weighted by molar-refractivity contribution is -0.162. The molecule has 0 heterocycles. The van der Waals surface area contributed by atoms with E-state index in [2.05, 4.69) is 36.1 Å². The van der Waals surface area contributed by atoms with Crippen molar-refractivity contribution in [3.05, 3.63) is 78.7 Å². The molecule has 2 aromatic carbocycles. The van der Waals surface area contributed by atoms with Crippen LogP contribution in [0.15, 0.2) is 60.7 Å². The van der Waals surface area contributed by atoms with Crippen LogP contribution in [0, 0.1) is 6.92 Å². The Balaban J connectivity index is 2.27. The van der Waals surface area contributed by atoms with Gasteiger partial charge in [0.1, 0.15) is 11.6 Å². The van der Waals surface area contributed by atoms with Gasteiger partial charge in [-0.05, 0) is 38.3 Å². The molecule has 0 N–H and O–H groups in total. The first-order valence-electron chi connectivity index (χ1n) is 9.73. The number of carbonyl (C=O) groups excluding carboxylic acids is 1. The predicted molar refractivity (Wildman–Crippen MR) is 111 cm³/mol. The van der Waals surface area contributed by atoms with Crippen molar-refractivity contribution in [2.75, 3.05) is 0 Å². The van der Waals surface area contributed by atoms with Gasteiger partial charge in [-0.1, -0.05) is 80.4 Å². The van der Waals surface area contributed by atoms with Crippen LogP contribution in [-0.2, 0) is 22.6 Å². The minimum absolute atomic E-state index is 0.150. The highest BCUT2D eigenvalue weighted by molar-refractivity contribution is 5.76. The predicted octanol–water partition coefficient (Wildman–Crippen LogP) is 5.40. The molecule has 1 radical (unpaired) electrons. The van der Waals surface area contributed by atoms with Gasteiger partial charge >= 0.3 is 5.97 Å². The summed E-state index contributed by atoms with van der Waals surface area (Å²) in [6.45, 7) is 11.1. The van der Waals surface area contributed by atoms with Gasteiger partial charge in [-0.3, -0.25) is 9.69 Å². The normalized spacial score (nSPS) is 12.8. The summed E-state index contributed by atoms with van der Waals surface area (Å²) in [5.41, 5.74) is 1.89. The molecule has 0 aliphatic rings. The van der Waals surface area contributed by atoms with E-state index in [0.29, 0.717) is 13.1 Å². The van der Waals surface area contributed by atoms with Crippen LogP contribution in [0.1, 0.15) is 51.2 Å². The second-order valence-corrected chi connectivity index (χ2v) is 7.92. The van der Waals surface area contributed by atoms with Gasteiger partial charge in [0.15, 0.2) is 0 Å². The molecule has 0 saturated heterocycles. The molecule has 0 aliphatic carbocycles. The zero-order valence-electron chi connectivity index (χ0n) is 16.9. The van der Waals surface area contributed by atoms with E-state index in [1.54, 1.807) is 0 Å². The number of unbranched alkanes of at least 4 members (excludes halogenated alkanes) is 1. The number of carbonyl (C=O) groups is 1. The lowest BCUT2D eigenvalue weighted by Gasteiger charge is -2.33. The molecule has 0 amide bonds. The fraction of sp³-hybridized carbons (Fsp3) is 0.417. The summed E-state index contributed by atoms with van der Waals surface area (Å²) in [5, 5.41) is 0. The number of rotatable bonds is 9. The van der Waals surface area contributed by atoms with E-state index in [9.17, 15) is 4.79 Å². The molecule has 1 unspecified atom stereocenters. The molecule has 2 aromatic rings. The average molecular weight is 367 g/mol. The lowest BCUT2D eigenvalue weighted by atomic mass is 10.0. The van der Waals surface area contributed by atoms with Gasteiger partial charge < -0.3 is 4.74 Å². The van der Waals surface area contributed by atoms with Crippen LogP contribution in [0.2, 0.25) is 0 Å². The Kier molecular flexibility index (Phi) is 8.05. The summed E-state index contributed by atoms with van der Waals surface area (Å²) in [6, 6.07) is 20.3. The van der Waals surface area contributed by atoms with Crippen molar-refractivity contribution in [3.63, 3.8) is 0 Å². The summed E-state index contributed by atoms with van der Waals surface area (Å²) >= 11 is 0. The summed E-state index contributed by atoms with van der Waals surface area (Å²) in [6.07, 6.45) is 2.45. The van der Waals surface area contributed by atoms with Crippen molar-refractivity contribution in [2.24, 2.45) is 0 Å². The standard InChI is InChI=1S/C24H32NO2/c1-5-6-17-22(23(26)27-24(2,3)4)25(18-20-13-9-7-10-14-20)19-21-15-11-8-12-16-21/h7-16,22H,1,5-6,17-19H2,2-4H3. The van der Waals surface area contributed by atoms with Crippen LogP contribution in [0.5, 0.6) is 0 Å². The minimum atomic E-state index is -0.495. The summed E-state index contributed by atoms with van der Waals surface area (Å²) < 4.78 is 5.75. The van der Waals surface area contributed by atoms with Crippen molar-refractivity contribution < 1.29 is 9.53 Å². The molecular formula is C24H32NO2. The topological polar surface area (TPSA) is 29.5 Å². The van der Waals surface area contributed by atoms with Crippen LogP contribution in [-0.4, -0.2) is 22.5 Å². The van der Waals surface area contributed by atoms with Crippen molar-refractivity contribution >= 4 is 5.97 Å². The number of esters is 1. The molecule has 0 spiro atoms. The first-order valence-corrected chi connectivity index (χ1v) is 9.73.